The Morgan fingerprint density at radius 3 is 1.50 bits per heavy atom. The molecule has 0 aromatic rings. The van der Waals surface area contributed by atoms with Gasteiger partial charge in [0.15, 0.2) is 0 Å². The van der Waals surface area contributed by atoms with Gasteiger partial charge in [0, 0.05) is 18.8 Å². The standard InChI is InChI=1S/C22H46NO3/c1-3-5-7-9-10-11-13-15-19-23(26)22(17-20-24,18-21-25)16-14-12-8-6-4-2/h24-25H,3-21H2,1-2H3/q-1. The third kappa shape index (κ3) is 12.3. The lowest BCUT2D eigenvalue weighted by Gasteiger charge is -2.49. The zero-order chi connectivity index (χ0) is 19.5. The van der Waals surface area contributed by atoms with Crippen LogP contribution in [0.5, 0.6) is 0 Å². The highest BCUT2D eigenvalue weighted by Crippen LogP contribution is 2.30. The molecule has 0 aliphatic rings. The summed E-state index contributed by atoms with van der Waals surface area (Å²) in [7, 11) is 0. The smallest absolute Gasteiger partial charge is 0.0448 e. The van der Waals surface area contributed by atoms with Gasteiger partial charge in [-0.25, -0.2) is 0 Å². The summed E-state index contributed by atoms with van der Waals surface area (Å²) in [6, 6.07) is 0. The molecule has 4 nitrogen and oxygen atoms in total. The Hall–Kier alpha value is -0.160. The molecule has 0 aromatic carbocycles. The number of unbranched alkanes of at least 4 members (excludes halogenated alkanes) is 11. The lowest BCUT2D eigenvalue weighted by Crippen LogP contribution is -2.47. The van der Waals surface area contributed by atoms with Crippen molar-refractivity contribution in [2.75, 3.05) is 19.8 Å². The normalized spacial score (nSPS) is 12.2. The summed E-state index contributed by atoms with van der Waals surface area (Å²) >= 11 is 0. The predicted molar refractivity (Wildman–Crippen MR) is 112 cm³/mol. The van der Waals surface area contributed by atoms with Crippen LogP contribution in [0.4, 0.5) is 0 Å². The molecule has 0 radical (unpaired) electrons. The molecule has 158 valence electrons. The van der Waals surface area contributed by atoms with Crippen LogP contribution in [0.2, 0.25) is 0 Å². The molecule has 0 heterocycles. The van der Waals surface area contributed by atoms with Crippen LogP contribution in [-0.4, -0.2) is 40.6 Å². The number of rotatable bonds is 20. The SMILES string of the molecule is CCCCCCCCCCN([O-])C(CCO)(CCO)CCCCCCC. The van der Waals surface area contributed by atoms with Crippen LogP contribution < -0.4 is 0 Å². The molecule has 0 saturated carbocycles. The fraction of sp³-hybridized carbons (Fsp3) is 1.00. The maximum Gasteiger partial charge on any atom is 0.0448 e. The van der Waals surface area contributed by atoms with Crippen molar-refractivity contribution in [3.05, 3.63) is 5.21 Å². The molecule has 0 aromatic heterocycles. The Bertz CT molecular complexity index is 281. The molecule has 26 heavy (non-hydrogen) atoms. The van der Waals surface area contributed by atoms with Crippen molar-refractivity contribution in [1.29, 1.82) is 0 Å². The molecular weight excluding hydrogens is 326 g/mol. The van der Waals surface area contributed by atoms with Gasteiger partial charge >= 0.3 is 0 Å². The van der Waals surface area contributed by atoms with E-state index in [1.165, 1.54) is 62.9 Å². The summed E-state index contributed by atoms with van der Waals surface area (Å²) in [5.41, 5.74) is -0.573. The van der Waals surface area contributed by atoms with Gasteiger partial charge in [-0.05, 0) is 32.2 Å². The predicted octanol–water partition coefficient (Wildman–Crippen LogP) is 5.79. The van der Waals surface area contributed by atoms with Gasteiger partial charge in [-0.1, -0.05) is 90.9 Å². The first kappa shape index (κ1) is 25.8. The molecular formula is C22H46NO3-. The average Bonchev–Trinajstić information content (AvgIpc) is 2.63. The van der Waals surface area contributed by atoms with Gasteiger partial charge in [0.05, 0.1) is 0 Å². The second-order valence-corrected chi connectivity index (χ2v) is 7.91. The quantitative estimate of drug-likeness (QED) is 0.210. The van der Waals surface area contributed by atoms with Crippen LogP contribution in [0, 0.1) is 5.21 Å². The fourth-order valence-electron chi connectivity index (χ4n) is 3.85. The van der Waals surface area contributed by atoms with Crippen LogP contribution in [0.15, 0.2) is 0 Å². The van der Waals surface area contributed by atoms with Crippen LogP contribution in [-0.2, 0) is 0 Å². The maximum absolute atomic E-state index is 12.8. The van der Waals surface area contributed by atoms with Crippen molar-refractivity contribution in [3.63, 3.8) is 0 Å². The highest BCUT2D eigenvalue weighted by atomic mass is 16.5. The third-order valence-electron chi connectivity index (χ3n) is 5.64. The van der Waals surface area contributed by atoms with Crippen molar-refractivity contribution in [3.8, 4) is 0 Å². The highest BCUT2D eigenvalue weighted by molar-refractivity contribution is 4.91. The average molecular weight is 373 g/mol. The molecule has 0 atom stereocenters. The van der Waals surface area contributed by atoms with Crippen molar-refractivity contribution in [2.45, 2.75) is 122 Å². The Balaban J connectivity index is 4.25. The third-order valence-corrected chi connectivity index (χ3v) is 5.64. The summed E-state index contributed by atoms with van der Waals surface area (Å²) in [4.78, 5) is 0. The summed E-state index contributed by atoms with van der Waals surface area (Å²) in [6.45, 7) is 5.00. The van der Waals surface area contributed by atoms with Gasteiger partial charge in [-0.15, -0.1) is 0 Å². The summed E-state index contributed by atoms with van der Waals surface area (Å²) in [6.07, 6.45) is 17.3. The summed E-state index contributed by atoms with van der Waals surface area (Å²) < 4.78 is 0. The Labute approximate surface area is 162 Å². The zero-order valence-corrected chi connectivity index (χ0v) is 17.7. The lowest BCUT2D eigenvalue weighted by atomic mass is 9.85. The molecule has 0 aliphatic heterocycles. The monoisotopic (exact) mass is 372 g/mol. The van der Waals surface area contributed by atoms with Gasteiger partial charge in [0.2, 0.25) is 0 Å². The molecule has 0 rings (SSSR count). The summed E-state index contributed by atoms with van der Waals surface area (Å²) in [5, 5.41) is 33.0. The van der Waals surface area contributed by atoms with E-state index in [1.54, 1.807) is 0 Å². The molecule has 4 heteroatoms. The minimum Gasteiger partial charge on any atom is -0.785 e. The van der Waals surface area contributed by atoms with E-state index in [-0.39, 0.29) is 13.2 Å². The first-order chi connectivity index (χ1) is 12.7. The number of hydrogen-bond donors (Lipinski definition) is 2. The zero-order valence-electron chi connectivity index (χ0n) is 17.7. The van der Waals surface area contributed by atoms with E-state index in [0.29, 0.717) is 19.4 Å². The first-order valence-electron chi connectivity index (χ1n) is 11.3. The van der Waals surface area contributed by atoms with Crippen LogP contribution in [0.3, 0.4) is 0 Å². The first-order valence-corrected chi connectivity index (χ1v) is 11.3. The Kier molecular flexibility index (Phi) is 18.1. The molecule has 0 saturated heterocycles. The molecule has 0 aliphatic carbocycles. The molecule has 0 bridgehead atoms. The second-order valence-electron chi connectivity index (χ2n) is 7.91. The van der Waals surface area contributed by atoms with Crippen LogP contribution >= 0.6 is 0 Å². The number of aliphatic hydroxyl groups excluding tert-OH is 2. The number of hydrogen-bond acceptors (Lipinski definition) is 4. The van der Waals surface area contributed by atoms with Gasteiger partial charge in [0.25, 0.3) is 0 Å². The van der Waals surface area contributed by atoms with E-state index in [2.05, 4.69) is 13.8 Å². The number of aliphatic hydroxyl groups is 2. The van der Waals surface area contributed by atoms with Crippen molar-refractivity contribution >= 4 is 0 Å². The maximum atomic E-state index is 12.8. The topological polar surface area (TPSA) is 66.8 Å². The molecule has 0 unspecified atom stereocenters. The molecule has 2 N–H and O–H groups in total. The molecule has 0 amide bonds. The van der Waals surface area contributed by atoms with Crippen molar-refractivity contribution in [2.24, 2.45) is 0 Å². The van der Waals surface area contributed by atoms with Gasteiger partial charge < -0.3 is 20.5 Å². The van der Waals surface area contributed by atoms with E-state index in [0.717, 1.165) is 32.1 Å². The second kappa shape index (κ2) is 18.2. The Morgan fingerprint density at radius 2 is 1.04 bits per heavy atom. The fourth-order valence-corrected chi connectivity index (χ4v) is 3.85. The van der Waals surface area contributed by atoms with E-state index in [1.807, 2.05) is 0 Å². The summed E-state index contributed by atoms with van der Waals surface area (Å²) in [5.74, 6) is 0. The van der Waals surface area contributed by atoms with Crippen molar-refractivity contribution < 1.29 is 10.2 Å². The van der Waals surface area contributed by atoms with Gasteiger partial charge in [-0.2, -0.15) is 0 Å². The number of hydroxylamine groups is 2. The molecule has 0 fully saturated rings. The van der Waals surface area contributed by atoms with Gasteiger partial charge in [-0.3, -0.25) is 0 Å². The van der Waals surface area contributed by atoms with E-state index >= 15 is 0 Å². The lowest BCUT2D eigenvalue weighted by molar-refractivity contribution is 0.0625. The molecule has 0 spiro atoms. The van der Waals surface area contributed by atoms with Crippen LogP contribution in [0.25, 0.3) is 0 Å². The van der Waals surface area contributed by atoms with E-state index < -0.39 is 5.54 Å². The largest absolute Gasteiger partial charge is 0.785 e. The van der Waals surface area contributed by atoms with Gasteiger partial charge in [0.1, 0.15) is 0 Å². The number of nitrogens with zero attached hydrogens (tertiary/aromatic N) is 1. The van der Waals surface area contributed by atoms with E-state index in [9.17, 15) is 15.4 Å². The minimum atomic E-state index is -0.573. The minimum absolute atomic E-state index is 0.0190. The highest BCUT2D eigenvalue weighted by Gasteiger charge is 2.29. The van der Waals surface area contributed by atoms with Crippen LogP contribution in [0.1, 0.15) is 117 Å². The van der Waals surface area contributed by atoms with E-state index in [4.69, 9.17) is 0 Å². The van der Waals surface area contributed by atoms with Crippen molar-refractivity contribution in [1.82, 2.24) is 5.06 Å². The Morgan fingerprint density at radius 1 is 0.615 bits per heavy atom.